The molecule has 0 unspecified atom stereocenters. The highest BCUT2D eigenvalue weighted by Crippen LogP contribution is 2.17. The van der Waals surface area contributed by atoms with Gasteiger partial charge in [-0.2, -0.15) is 0 Å². The summed E-state index contributed by atoms with van der Waals surface area (Å²) in [5.41, 5.74) is 1.25. The van der Waals surface area contributed by atoms with Gasteiger partial charge in [0.05, 0.1) is 0 Å². The highest BCUT2D eigenvalue weighted by atomic mass is 16.5. The van der Waals surface area contributed by atoms with Crippen LogP contribution in [0.15, 0.2) is 24.3 Å². The normalized spacial score (nSPS) is 16.6. The molecule has 88 valence electrons. The molecule has 1 aliphatic carbocycles. The van der Waals surface area contributed by atoms with Gasteiger partial charge in [-0.05, 0) is 37.5 Å². The van der Waals surface area contributed by atoms with Crippen LogP contribution in [-0.2, 0) is 0 Å². The van der Waals surface area contributed by atoms with Gasteiger partial charge in [0.1, 0.15) is 12.4 Å². The Morgan fingerprint density at radius 1 is 1.31 bits per heavy atom. The van der Waals surface area contributed by atoms with E-state index in [1.807, 2.05) is 12.1 Å². The molecule has 0 aromatic heterocycles. The minimum absolute atomic E-state index is 0.737. The maximum atomic E-state index is 5.68. The van der Waals surface area contributed by atoms with E-state index >= 15 is 0 Å². The van der Waals surface area contributed by atoms with E-state index in [9.17, 15) is 0 Å². The molecule has 1 aromatic carbocycles. The zero-order chi connectivity index (χ0) is 11.2. The van der Waals surface area contributed by atoms with Crippen LogP contribution in [0.4, 0.5) is 0 Å². The maximum absolute atomic E-state index is 5.68. The van der Waals surface area contributed by atoms with Gasteiger partial charge in [0.25, 0.3) is 0 Å². The van der Waals surface area contributed by atoms with Crippen LogP contribution < -0.4 is 10.1 Å². The SMILES string of the molecule is Cc1cccc(OCCNC2CCCC2)c1. The average Bonchev–Trinajstić information content (AvgIpc) is 2.77. The number of ether oxygens (including phenoxy) is 1. The van der Waals surface area contributed by atoms with Crippen molar-refractivity contribution in [3.8, 4) is 5.75 Å². The number of rotatable bonds is 5. The van der Waals surface area contributed by atoms with Crippen molar-refractivity contribution in [2.45, 2.75) is 38.6 Å². The Bertz CT molecular complexity index is 318. The van der Waals surface area contributed by atoms with Crippen LogP contribution in [0.5, 0.6) is 5.75 Å². The van der Waals surface area contributed by atoms with Crippen molar-refractivity contribution in [3.63, 3.8) is 0 Å². The fraction of sp³-hybridized carbons (Fsp3) is 0.571. The van der Waals surface area contributed by atoms with E-state index in [1.54, 1.807) is 0 Å². The second-order valence-corrected chi connectivity index (χ2v) is 4.60. The summed E-state index contributed by atoms with van der Waals surface area (Å²) in [5, 5.41) is 3.54. The molecule has 0 saturated heterocycles. The van der Waals surface area contributed by atoms with Gasteiger partial charge in [-0.25, -0.2) is 0 Å². The van der Waals surface area contributed by atoms with Gasteiger partial charge < -0.3 is 10.1 Å². The standard InChI is InChI=1S/C14H21NO/c1-12-5-4-8-14(11-12)16-10-9-15-13-6-2-3-7-13/h4-5,8,11,13,15H,2-3,6-7,9-10H2,1H3. The minimum Gasteiger partial charge on any atom is -0.492 e. The molecule has 1 aromatic rings. The number of aryl methyl sites for hydroxylation is 1. The summed E-state index contributed by atoms with van der Waals surface area (Å²) in [6, 6.07) is 8.96. The lowest BCUT2D eigenvalue weighted by atomic mass is 10.2. The Labute approximate surface area is 98.0 Å². The third kappa shape index (κ3) is 3.53. The van der Waals surface area contributed by atoms with E-state index in [0.717, 1.165) is 24.9 Å². The fourth-order valence-electron chi connectivity index (χ4n) is 2.27. The lowest BCUT2D eigenvalue weighted by molar-refractivity contribution is 0.305. The monoisotopic (exact) mass is 219 g/mol. The number of hydrogen-bond acceptors (Lipinski definition) is 2. The third-order valence-electron chi connectivity index (χ3n) is 3.15. The van der Waals surface area contributed by atoms with Gasteiger partial charge in [0.2, 0.25) is 0 Å². The highest BCUT2D eigenvalue weighted by molar-refractivity contribution is 5.27. The molecule has 1 aliphatic rings. The summed E-state index contributed by atoms with van der Waals surface area (Å²) in [5.74, 6) is 0.980. The van der Waals surface area contributed by atoms with Gasteiger partial charge >= 0.3 is 0 Å². The third-order valence-corrected chi connectivity index (χ3v) is 3.15. The average molecular weight is 219 g/mol. The van der Waals surface area contributed by atoms with E-state index in [1.165, 1.54) is 31.2 Å². The molecule has 0 heterocycles. The summed E-state index contributed by atoms with van der Waals surface area (Å²) < 4.78 is 5.68. The van der Waals surface area contributed by atoms with Crippen LogP contribution in [0.25, 0.3) is 0 Å². The van der Waals surface area contributed by atoms with Gasteiger partial charge in [0, 0.05) is 12.6 Å². The van der Waals surface area contributed by atoms with Crippen molar-refractivity contribution in [1.29, 1.82) is 0 Å². The van der Waals surface area contributed by atoms with Crippen LogP contribution >= 0.6 is 0 Å². The van der Waals surface area contributed by atoms with E-state index < -0.39 is 0 Å². The second-order valence-electron chi connectivity index (χ2n) is 4.60. The van der Waals surface area contributed by atoms with Crippen LogP contribution in [0.3, 0.4) is 0 Å². The molecule has 1 saturated carbocycles. The minimum atomic E-state index is 0.737. The lowest BCUT2D eigenvalue weighted by Crippen LogP contribution is -2.30. The first kappa shape index (κ1) is 11.5. The maximum Gasteiger partial charge on any atom is 0.119 e. The van der Waals surface area contributed by atoms with Gasteiger partial charge in [-0.15, -0.1) is 0 Å². The van der Waals surface area contributed by atoms with Crippen LogP contribution in [0.1, 0.15) is 31.2 Å². The quantitative estimate of drug-likeness (QED) is 0.769. The molecule has 2 rings (SSSR count). The highest BCUT2D eigenvalue weighted by Gasteiger charge is 2.13. The summed E-state index contributed by atoms with van der Waals surface area (Å²) in [6.45, 7) is 3.81. The van der Waals surface area contributed by atoms with Crippen molar-refractivity contribution in [2.75, 3.05) is 13.2 Å². The first-order valence-electron chi connectivity index (χ1n) is 6.27. The number of hydrogen-bond donors (Lipinski definition) is 1. The molecular formula is C14H21NO. The zero-order valence-corrected chi connectivity index (χ0v) is 10.0. The van der Waals surface area contributed by atoms with E-state index in [0.29, 0.717) is 0 Å². The molecule has 2 heteroatoms. The molecule has 1 N–H and O–H groups in total. The molecule has 16 heavy (non-hydrogen) atoms. The van der Waals surface area contributed by atoms with Crippen LogP contribution in [0.2, 0.25) is 0 Å². The summed E-state index contributed by atoms with van der Waals surface area (Å²) in [7, 11) is 0. The fourth-order valence-corrected chi connectivity index (χ4v) is 2.27. The Hall–Kier alpha value is -1.02. The summed E-state index contributed by atoms with van der Waals surface area (Å²) in [6.07, 6.45) is 5.45. The molecule has 0 radical (unpaired) electrons. The Morgan fingerprint density at radius 2 is 2.12 bits per heavy atom. The van der Waals surface area contributed by atoms with Crippen molar-refractivity contribution >= 4 is 0 Å². The number of benzene rings is 1. The first-order valence-corrected chi connectivity index (χ1v) is 6.27. The predicted octanol–water partition coefficient (Wildman–Crippen LogP) is 2.91. The van der Waals surface area contributed by atoms with Crippen LogP contribution in [-0.4, -0.2) is 19.2 Å². The Kier molecular flexibility index (Phi) is 4.23. The van der Waals surface area contributed by atoms with Gasteiger partial charge in [0.15, 0.2) is 0 Å². The topological polar surface area (TPSA) is 21.3 Å². The molecule has 2 nitrogen and oxygen atoms in total. The molecule has 0 spiro atoms. The van der Waals surface area contributed by atoms with Crippen molar-refractivity contribution < 1.29 is 4.74 Å². The van der Waals surface area contributed by atoms with Crippen LogP contribution in [0, 0.1) is 6.92 Å². The zero-order valence-electron chi connectivity index (χ0n) is 10.0. The molecule has 0 bridgehead atoms. The molecular weight excluding hydrogens is 198 g/mol. The largest absolute Gasteiger partial charge is 0.492 e. The smallest absolute Gasteiger partial charge is 0.119 e. The summed E-state index contributed by atoms with van der Waals surface area (Å²) >= 11 is 0. The van der Waals surface area contributed by atoms with Gasteiger partial charge in [-0.1, -0.05) is 25.0 Å². The Morgan fingerprint density at radius 3 is 2.88 bits per heavy atom. The van der Waals surface area contributed by atoms with E-state index in [2.05, 4.69) is 24.4 Å². The summed E-state index contributed by atoms with van der Waals surface area (Å²) in [4.78, 5) is 0. The molecule has 0 atom stereocenters. The van der Waals surface area contributed by atoms with Gasteiger partial charge in [-0.3, -0.25) is 0 Å². The molecule has 1 fully saturated rings. The first-order chi connectivity index (χ1) is 7.84. The second kappa shape index (κ2) is 5.90. The Balaban J connectivity index is 1.64. The van der Waals surface area contributed by atoms with Crippen molar-refractivity contribution in [2.24, 2.45) is 0 Å². The van der Waals surface area contributed by atoms with E-state index in [-0.39, 0.29) is 0 Å². The van der Waals surface area contributed by atoms with Crippen molar-refractivity contribution in [3.05, 3.63) is 29.8 Å². The van der Waals surface area contributed by atoms with Crippen molar-refractivity contribution in [1.82, 2.24) is 5.32 Å². The number of nitrogens with one attached hydrogen (secondary N) is 1. The molecule has 0 aliphatic heterocycles. The lowest BCUT2D eigenvalue weighted by Gasteiger charge is -2.12. The predicted molar refractivity (Wildman–Crippen MR) is 66.9 cm³/mol. The molecule has 0 amide bonds. The van der Waals surface area contributed by atoms with E-state index in [4.69, 9.17) is 4.74 Å².